The summed E-state index contributed by atoms with van der Waals surface area (Å²) in [6.45, 7) is 14.1. The highest BCUT2D eigenvalue weighted by molar-refractivity contribution is 4.65. The molecule has 0 aliphatic rings. The lowest BCUT2D eigenvalue weighted by molar-refractivity contribution is 0.163. The van der Waals surface area contributed by atoms with Crippen molar-refractivity contribution in [2.24, 2.45) is 0 Å². The van der Waals surface area contributed by atoms with Crippen molar-refractivity contribution >= 4 is 0 Å². The van der Waals surface area contributed by atoms with Gasteiger partial charge in [-0.2, -0.15) is 0 Å². The predicted molar refractivity (Wildman–Crippen MR) is 154 cm³/mol. The molecule has 0 aromatic carbocycles. The summed E-state index contributed by atoms with van der Waals surface area (Å²) in [7, 11) is 0. The molecule has 0 saturated carbocycles. The van der Waals surface area contributed by atoms with Crippen LogP contribution in [-0.2, 0) is 0 Å². The van der Waals surface area contributed by atoms with Gasteiger partial charge in [0.05, 0.1) is 6.61 Å². The van der Waals surface area contributed by atoms with E-state index in [0.717, 1.165) is 19.6 Å². The Morgan fingerprint density at radius 2 is 0.588 bits per heavy atom. The van der Waals surface area contributed by atoms with E-state index in [1.165, 1.54) is 154 Å². The van der Waals surface area contributed by atoms with E-state index in [4.69, 9.17) is 0 Å². The topological polar surface area (TPSA) is 26.7 Å². The summed E-state index contributed by atoms with van der Waals surface area (Å²) in [4.78, 5) is 5.27. The summed E-state index contributed by atoms with van der Waals surface area (Å²) in [6, 6.07) is 0. The average Bonchev–Trinajstić information content (AvgIpc) is 2.84. The highest BCUT2D eigenvalue weighted by Gasteiger charge is 2.09. The standard InChI is InChI=1S/C31H66N2O/c1-4-7-10-13-16-19-22-25-32(26-23-20-17-14-11-8-5-2)28-29-33(30-31-34)27-24-21-18-15-12-9-6-3/h34H,4-31H2,1-3H3. The second kappa shape index (κ2) is 29.1. The van der Waals surface area contributed by atoms with Gasteiger partial charge in [0.15, 0.2) is 0 Å². The SMILES string of the molecule is CCCCCCCCCN(CCO)CCN(CCCCCCCCC)CCCCCCCCC. The summed E-state index contributed by atoms with van der Waals surface area (Å²) >= 11 is 0. The van der Waals surface area contributed by atoms with E-state index in [9.17, 15) is 5.11 Å². The lowest BCUT2D eigenvalue weighted by Crippen LogP contribution is -2.38. The molecule has 0 aromatic rings. The molecular formula is C31H66N2O. The number of nitrogens with zero attached hydrogens (tertiary/aromatic N) is 2. The van der Waals surface area contributed by atoms with E-state index < -0.39 is 0 Å². The number of rotatable bonds is 29. The molecule has 0 aromatic heterocycles. The van der Waals surface area contributed by atoms with E-state index in [0.29, 0.717) is 6.61 Å². The molecule has 0 spiro atoms. The molecule has 0 bridgehead atoms. The fraction of sp³-hybridized carbons (Fsp3) is 1.00. The molecule has 3 nitrogen and oxygen atoms in total. The van der Waals surface area contributed by atoms with Crippen LogP contribution in [0.2, 0.25) is 0 Å². The number of aliphatic hydroxyl groups is 1. The van der Waals surface area contributed by atoms with Gasteiger partial charge in [0.25, 0.3) is 0 Å². The van der Waals surface area contributed by atoms with E-state index in [2.05, 4.69) is 30.6 Å². The summed E-state index contributed by atoms with van der Waals surface area (Å²) in [5, 5.41) is 9.57. The Kier molecular flexibility index (Phi) is 29.0. The molecular weight excluding hydrogens is 416 g/mol. The fourth-order valence-corrected chi connectivity index (χ4v) is 4.97. The monoisotopic (exact) mass is 483 g/mol. The van der Waals surface area contributed by atoms with E-state index in [1.807, 2.05) is 0 Å². The molecule has 0 amide bonds. The second-order valence-electron chi connectivity index (χ2n) is 10.8. The largest absolute Gasteiger partial charge is 0.395 e. The van der Waals surface area contributed by atoms with Crippen LogP contribution in [0.5, 0.6) is 0 Å². The van der Waals surface area contributed by atoms with Gasteiger partial charge in [-0.3, -0.25) is 4.90 Å². The molecule has 0 aliphatic heterocycles. The van der Waals surface area contributed by atoms with Crippen LogP contribution in [-0.4, -0.2) is 60.8 Å². The van der Waals surface area contributed by atoms with Crippen LogP contribution in [0.3, 0.4) is 0 Å². The zero-order valence-electron chi connectivity index (χ0n) is 24.1. The van der Waals surface area contributed by atoms with Crippen molar-refractivity contribution in [3.05, 3.63) is 0 Å². The van der Waals surface area contributed by atoms with E-state index in [-0.39, 0.29) is 0 Å². The third kappa shape index (κ3) is 25.0. The van der Waals surface area contributed by atoms with Gasteiger partial charge >= 0.3 is 0 Å². The molecule has 0 radical (unpaired) electrons. The maximum Gasteiger partial charge on any atom is 0.0558 e. The van der Waals surface area contributed by atoms with Crippen molar-refractivity contribution in [1.82, 2.24) is 9.80 Å². The number of hydrogen-bond donors (Lipinski definition) is 1. The normalized spacial score (nSPS) is 11.8. The van der Waals surface area contributed by atoms with Gasteiger partial charge in [-0.1, -0.05) is 136 Å². The first-order valence-electron chi connectivity index (χ1n) is 15.8. The number of hydrogen-bond acceptors (Lipinski definition) is 3. The predicted octanol–water partition coefficient (Wildman–Crippen LogP) is 8.83. The van der Waals surface area contributed by atoms with Crippen molar-refractivity contribution in [2.45, 2.75) is 156 Å². The minimum atomic E-state index is 0.298. The lowest BCUT2D eigenvalue weighted by atomic mass is 10.1. The van der Waals surface area contributed by atoms with E-state index in [1.54, 1.807) is 0 Å². The lowest BCUT2D eigenvalue weighted by Gasteiger charge is -2.27. The average molecular weight is 483 g/mol. The Morgan fingerprint density at radius 1 is 0.324 bits per heavy atom. The van der Waals surface area contributed by atoms with Gasteiger partial charge in [-0.15, -0.1) is 0 Å². The van der Waals surface area contributed by atoms with Crippen LogP contribution in [0.25, 0.3) is 0 Å². The van der Waals surface area contributed by atoms with Gasteiger partial charge in [-0.25, -0.2) is 0 Å². The fourth-order valence-electron chi connectivity index (χ4n) is 4.97. The molecule has 0 fully saturated rings. The Bertz CT molecular complexity index is 345. The van der Waals surface area contributed by atoms with Crippen LogP contribution in [0.1, 0.15) is 156 Å². The molecule has 0 unspecified atom stereocenters. The van der Waals surface area contributed by atoms with Gasteiger partial charge in [0, 0.05) is 19.6 Å². The third-order valence-corrected chi connectivity index (χ3v) is 7.38. The smallest absolute Gasteiger partial charge is 0.0558 e. The summed E-state index contributed by atoms with van der Waals surface area (Å²) in [5.74, 6) is 0. The molecule has 206 valence electrons. The van der Waals surface area contributed by atoms with Crippen molar-refractivity contribution in [2.75, 3.05) is 45.9 Å². The first-order valence-corrected chi connectivity index (χ1v) is 15.8. The van der Waals surface area contributed by atoms with Crippen molar-refractivity contribution in [3.8, 4) is 0 Å². The summed E-state index contributed by atoms with van der Waals surface area (Å²) in [6.07, 6.45) is 29.1. The van der Waals surface area contributed by atoms with Crippen LogP contribution >= 0.6 is 0 Å². The molecule has 0 saturated heterocycles. The zero-order chi connectivity index (χ0) is 25.0. The van der Waals surface area contributed by atoms with Gasteiger partial charge in [0.1, 0.15) is 0 Å². The first kappa shape index (κ1) is 33.9. The second-order valence-corrected chi connectivity index (χ2v) is 10.8. The Balaban J connectivity index is 4.23. The number of aliphatic hydroxyl groups excluding tert-OH is 1. The minimum absolute atomic E-state index is 0.298. The molecule has 0 atom stereocenters. The van der Waals surface area contributed by atoms with Crippen molar-refractivity contribution in [3.63, 3.8) is 0 Å². The van der Waals surface area contributed by atoms with Crippen LogP contribution in [0, 0.1) is 0 Å². The molecule has 34 heavy (non-hydrogen) atoms. The maximum atomic E-state index is 9.57. The minimum Gasteiger partial charge on any atom is -0.395 e. The van der Waals surface area contributed by atoms with Crippen molar-refractivity contribution < 1.29 is 5.11 Å². The van der Waals surface area contributed by atoms with E-state index >= 15 is 0 Å². The Morgan fingerprint density at radius 3 is 0.882 bits per heavy atom. The highest BCUT2D eigenvalue weighted by atomic mass is 16.3. The molecule has 3 heteroatoms. The zero-order valence-corrected chi connectivity index (χ0v) is 24.1. The Labute approximate surface area is 216 Å². The molecule has 0 heterocycles. The summed E-state index contributed by atoms with van der Waals surface area (Å²) < 4.78 is 0. The third-order valence-electron chi connectivity index (χ3n) is 7.38. The van der Waals surface area contributed by atoms with Crippen LogP contribution < -0.4 is 0 Å². The maximum absolute atomic E-state index is 9.57. The van der Waals surface area contributed by atoms with Crippen LogP contribution in [0.4, 0.5) is 0 Å². The Hall–Kier alpha value is -0.120. The van der Waals surface area contributed by atoms with Gasteiger partial charge in [0.2, 0.25) is 0 Å². The quantitative estimate of drug-likeness (QED) is 0.108. The molecule has 1 N–H and O–H groups in total. The molecule has 0 rings (SSSR count). The highest BCUT2D eigenvalue weighted by Crippen LogP contribution is 2.11. The first-order chi connectivity index (χ1) is 16.8. The molecule has 0 aliphatic carbocycles. The van der Waals surface area contributed by atoms with Crippen LogP contribution in [0.15, 0.2) is 0 Å². The van der Waals surface area contributed by atoms with Gasteiger partial charge < -0.3 is 10.0 Å². The van der Waals surface area contributed by atoms with Crippen molar-refractivity contribution in [1.29, 1.82) is 0 Å². The summed E-state index contributed by atoms with van der Waals surface area (Å²) in [5.41, 5.74) is 0. The number of unbranched alkanes of at least 4 members (excludes halogenated alkanes) is 18. The van der Waals surface area contributed by atoms with Gasteiger partial charge in [-0.05, 0) is 38.9 Å².